The van der Waals surface area contributed by atoms with Gasteiger partial charge in [0, 0.05) is 18.5 Å². The summed E-state index contributed by atoms with van der Waals surface area (Å²) < 4.78 is 10.6. The molecule has 5 heteroatoms. The Labute approximate surface area is 143 Å². The number of amides is 1. The molecule has 0 spiro atoms. The first-order chi connectivity index (χ1) is 11.2. The minimum atomic E-state index is -0.530. The van der Waals surface area contributed by atoms with Crippen LogP contribution in [0.5, 0.6) is 0 Å². The third kappa shape index (κ3) is 4.85. The van der Waals surface area contributed by atoms with Crippen LogP contribution in [0.2, 0.25) is 0 Å². The summed E-state index contributed by atoms with van der Waals surface area (Å²) in [5.74, 6) is -0.309. The zero-order valence-electron chi connectivity index (χ0n) is 14.9. The van der Waals surface area contributed by atoms with Crippen molar-refractivity contribution in [1.82, 2.24) is 5.32 Å². The second kappa shape index (κ2) is 7.07. The molecule has 1 amide bonds. The molecule has 1 atom stereocenters. The van der Waals surface area contributed by atoms with Crippen LogP contribution < -0.4 is 5.32 Å². The molecule has 24 heavy (non-hydrogen) atoms. The van der Waals surface area contributed by atoms with E-state index in [1.165, 1.54) is 5.57 Å². The van der Waals surface area contributed by atoms with E-state index in [1.54, 1.807) is 0 Å². The lowest BCUT2D eigenvalue weighted by Crippen LogP contribution is -2.33. The van der Waals surface area contributed by atoms with E-state index in [2.05, 4.69) is 5.32 Å². The van der Waals surface area contributed by atoms with Gasteiger partial charge in [-0.05, 0) is 46.2 Å². The van der Waals surface area contributed by atoms with Crippen molar-refractivity contribution in [2.24, 2.45) is 0 Å². The quantitative estimate of drug-likeness (QED) is 0.838. The number of nitrogens with one attached hydrogen (secondary N) is 1. The molecule has 0 bridgehead atoms. The fourth-order valence-electron chi connectivity index (χ4n) is 2.54. The van der Waals surface area contributed by atoms with Crippen molar-refractivity contribution >= 4 is 18.1 Å². The summed E-state index contributed by atoms with van der Waals surface area (Å²) >= 11 is 0. The summed E-state index contributed by atoms with van der Waals surface area (Å²) in [6.45, 7) is 9.83. The van der Waals surface area contributed by atoms with E-state index in [9.17, 15) is 9.59 Å². The average Bonchev–Trinajstić information content (AvgIpc) is 2.73. The summed E-state index contributed by atoms with van der Waals surface area (Å²) in [4.78, 5) is 23.7. The third-order valence-electron chi connectivity index (χ3n) is 3.42. The van der Waals surface area contributed by atoms with Crippen molar-refractivity contribution in [3.63, 3.8) is 0 Å². The molecule has 1 aliphatic rings. The number of allylic oxidation sites excluding steroid dienone is 1. The van der Waals surface area contributed by atoms with E-state index in [0.29, 0.717) is 18.5 Å². The Morgan fingerprint density at radius 1 is 1.33 bits per heavy atom. The maximum atomic E-state index is 12.0. The second-order valence-electron chi connectivity index (χ2n) is 7.18. The highest BCUT2D eigenvalue weighted by Crippen LogP contribution is 2.33. The number of carbonyl (C=O) groups excluding carboxylic acids is 2. The minimum Gasteiger partial charge on any atom is -0.454 e. The first-order valence-electron chi connectivity index (χ1n) is 8.12. The Balaban J connectivity index is 1.97. The van der Waals surface area contributed by atoms with Gasteiger partial charge >= 0.3 is 12.1 Å². The maximum Gasteiger partial charge on any atom is 0.407 e. The molecule has 0 radical (unpaired) electrons. The monoisotopic (exact) mass is 331 g/mol. The van der Waals surface area contributed by atoms with Gasteiger partial charge in [-0.25, -0.2) is 9.59 Å². The lowest BCUT2D eigenvalue weighted by molar-refractivity contribution is 0.0359. The zero-order valence-corrected chi connectivity index (χ0v) is 14.9. The fraction of sp³-hybridized carbons (Fsp3) is 0.474. The summed E-state index contributed by atoms with van der Waals surface area (Å²) in [7, 11) is 0. The molecule has 1 aliphatic heterocycles. The second-order valence-corrected chi connectivity index (χ2v) is 7.18. The standard InChI is InChI=1S/C19H25NO4/c1-12(2)10-13-6-7-14-15(11-13)17(21)23-16(14)8-9-20-18(22)24-19(3,4)5/h6-7,10-11,16H,8-9H2,1-5H3,(H,20,22). The van der Waals surface area contributed by atoms with E-state index < -0.39 is 11.7 Å². The Bertz CT molecular complexity index is 666. The first kappa shape index (κ1) is 18.0. The van der Waals surface area contributed by atoms with Crippen LogP contribution in [0.25, 0.3) is 6.08 Å². The van der Waals surface area contributed by atoms with Crippen molar-refractivity contribution in [2.75, 3.05) is 6.54 Å². The first-order valence-corrected chi connectivity index (χ1v) is 8.12. The van der Waals surface area contributed by atoms with Crippen molar-refractivity contribution in [3.8, 4) is 0 Å². The highest BCUT2D eigenvalue weighted by molar-refractivity contribution is 5.94. The van der Waals surface area contributed by atoms with E-state index in [-0.39, 0.29) is 12.1 Å². The Hall–Kier alpha value is -2.30. The maximum absolute atomic E-state index is 12.0. The summed E-state index contributed by atoms with van der Waals surface area (Å²) in [6.07, 6.45) is 1.74. The van der Waals surface area contributed by atoms with Crippen LogP contribution in [-0.2, 0) is 9.47 Å². The molecule has 1 aromatic carbocycles. The number of esters is 1. The van der Waals surface area contributed by atoms with Crippen LogP contribution in [0.15, 0.2) is 23.8 Å². The van der Waals surface area contributed by atoms with Crippen molar-refractivity contribution in [2.45, 2.75) is 52.7 Å². The molecule has 1 unspecified atom stereocenters. The van der Waals surface area contributed by atoms with Gasteiger partial charge in [0.15, 0.2) is 0 Å². The third-order valence-corrected chi connectivity index (χ3v) is 3.42. The van der Waals surface area contributed by atoms with Gasteiger partial charge in [-0.3, -0.25) is 0 Å². The predicted molar refractivity (Wildman–Crippen MR) is 92.8 cm³/mol. The van der Waals surface area contributed by atoms with Crippen LogP contribution in [0.1, 0.15) is 68.6 Å². The van der Waals surface area contributed by atoms with Crippen molar-refractivity contribution in [1.29, 1.82) is 0 Å². The normalized spacial score (nSPS) is 16.2. The van der Waals surface area contributed by atoms with Crippen LogP contribution in [0, 0.1) is 0 Å². The van der Waals surface area contributed by atoms with Gasteiger partial charge in [-0.1, -0.05) is 23.8 Å². The van der Waals surface area contributed by atoms with Gasteiger partial charge < -0.3 is 14.8 Å². The Morgan fingerprint density at radius 3 is 2.67 bits per heavy atom. The summed E-state index contributed by atoms with van der Waals surface area (Å²) in [5.41, 5.74) is 3.10. The summed E-state index contributed by atoms with van der Waals surface area (Å²) in [5, 5.41) is 2.69. The number of hydrogen-bond donors (Lipinski definition) is 1. The summed E-state index contributed by atoms with van der Waals surface area (Å²) in [6, 6.07) is 5.75. The minimum absolute atomic E-state index is 0.309. The van der Waals surface area contributed by atoms with E-state index in [1.807, 2.05) is 58.9 Å². The predicted octanol–water partition coefficient (Wildman–Crippen LogP) is 4.24. The van der Waals surface area contributed by atoms with Crippen LogP contribution in [-0.4, -0.2) is 24.2 Å². The van der Waals surface area contributed by atoms with Gasteiger partial charge in [-0.15, -0.1) is 0 Å². The van der Waals surface area contributed by atoms with Gasteiger partial charge in [0.1, 0.15) is 11.7 Å². The molecule has 0 fully saturated rings. The largest absolute Gasteiger partial charge is 0.454 e. The van der Waals surface area contributed by atoms with Gasteiger partial charge in [0.05, 0.1) is 5.56 Å². The Morgan fingerprint density at radius 2 is 2.04 bits per heavy atom. The highest BCUT2D eigenvalue weighted by atomic mass is 16.6. The molecule has 130 valence electrons. The molecule has 2 rings (SSSR count). The number of fused-ring (bicyclic) bond motifs is 1. The van der Waals surface area contributed by atoms with Crippen molar-refractivity contribution in [3.05, 3.63) is 40.5 Å². The molecule has 1 heterocycles. The number of alkyl carbamates (subject to hydrolysis) is 1. The molecule has 0 aromatic heterocycles. The zero-order chi connectivity index (χ0) is 17.9. The number of benzene rings is 1. The van der Waals surface area contributed by atoms with Crippen molar-refractivity contribution < 1.29 is 19.1 Å². The smallest absolute Gasteiger partial charge is 0.407 e. The van der Waals surface area contributed by atoms with E-state index in [0.717, 1.165) is 11.1 Å². The molecule has 5 nitrogen and oxygen atoms in total. The lowest BCUT2D eigenvalue weighted by atomic mass is 9.99. The molecule has 1 N–H and O–H groups in total. The molecule has 0 aliphatic carbocycles. The number of hydrogen-bond acceptors (Lipinski definition) is 4. The number of rotatable bonds is 4. The van der Waals surface area contributed by atoms with Crippen LogP contribution >= 0.6 is 0 Å². The SMILES string of the molecule is CC(C)=Cc1ccc2c(c1)C(=O)OC2CCNC(=O)OC(C)(C)C. The lowest BCUT2D eigenvalue weighted by Gasteiger charge is -2.20. The van der Waals surface area contributed by atoms with E-state index >= 15 is 0 Å². The fourth-order valence-corrected chi connectivity index (χ4v) is 2.54. The average molecular weight is 331 g/mol. The van der Waals surface area contributed by atoms with Gasteiger partial charge in [0.25, 0.3) is 0 Å². The number of carbonyl (C=O) groups is 2. The van der Waals surface area contributed by atoms with Gasteiger partial charge in [-0.2, -0.15) is 0 Å². The van der Waals surface area contributed by atoms with Crippen LogP contribution in [0.4, 0.5) is 4.79 Å². The number of ether oxygens (including phenoxy) is 2. The highest BCUT2D eigenvalue weighted by Gasteiger charge is 2.30. The Kier molecular flexibility index (Phi) is 5.32. The van der Waals surface area contributed by atoms with Gasteiger partial charge in [0.2, 0.25) is 0 Å². The molecular formula is C19H25NO4. The number of cyclic esters (lactones) is 1. The topological polar surface area (TPSA) is 64.6 Å². The molecule has 1 aromatic rings. The van der Waals surface area contributed by atoms with E-state index in [4.69, 9.17) is 9.47 Å². The molecule has 0 saturated heterocycles. The molecule has 0 saturated carbocycles. The molecular weight excluding hydrogens is 306 g/mol. The van der Waals surface area contributed by atoms with Crippen LogP contribution in [0.3, 0.4) is 0 Å².